The Balaban J connectivity index is 2.06. The Hall–Kier alpha value is -2.38. The van der Waals surface area contributed by atoms with E-state index in [1.54, 1.807) is 41.6 Å². The lowest BCUT2D eigenvalue weighted by atomic mass is 10.2. The summed E-state index contributed by atoms with van der Waals surface area (Å²) in [6.45, 7) is 0. The average molecular weight is 336 g/mol. The molecule has 0 aliphatic carbocycles. The molecule has 1 atom stereocenters. The minimum atomic E-state index is -0.509. The summed E-state index contributed by atoms with van der Waals surface area (Å²) in [4.78, 5) is 18.1. The van der Waals surface area contributed by atoms with E-state index in [0.717, 1.165) is 5.56 Å². The van der Waals surface area contributed by atoms with Crippen molar-refractivity contribution < 1.29 is 0 Å². The van der Waals surface area contributed by atoms with Crippen LogP contribution in [0.5, 0.6) is 0 Å². The van der Waals surface area contributed by atoms with Crippen molar-refractivity contribution in [2.24, 2.45) is 21.5 Å². The zero-order chi connectivity index (χ0) is 15.7. The predicted molar refractivity (Wildman–Crippen MR) is 87.0 cm³/mol. The number of anilines is 1. The highest BCUT2D eigenvalue weighted by Gasteiger charge is 2.27. The topological polar surface area (TPSA) is 106 Å². The lowest BCUT2D eigenvalue weighted by Gasteiger charge is -2.32. The van der Waals surface area contributed by atoms with Crippen LogP contribution in [0.15, 0.2) is 46.6 Å². The second-order valence-electron chi connectivity index (χ2n) is 4.45. The standard InChI is InChI=1S/C13H11Cl2N7/c14-9-3-1-7(5-18-9)11-20-12(16)21-13(17)22(11)8-2-4-10(15)19-6-8/h1-6,11H,(H4,16,17,20,21). The summed E-state index contributed by atoms with van der Waals surface area (Å²) in [6, 6.07) is 6.89. The van der Waals surface area contributed by atoms with E-state index in [4.69, 9.17) is 34.7 Å². The van der Waals surface area contributed by atoms with E-state index in [1.165, 1.54) is 0 Å². The predicted octanol–water partition coefficient (Wildman–Crippen LogP) is 1.93. The maximum Gasteiger partial charge on any atom is 0.221 e. The molecule has 1 aliphatic rings. The lowest BCUT2D eigenvalue weighted by Crippen LogP contribution is -2.44. The first-order valence-corrected chi connectivity index (χ1v) is 7.00. The summed E-state index contributed by atoms with van der Waals surface area (Å²) < 4.78 is 0. The van der Waals surface area contributed by atoms with Gasteiger partial charge in [0.05, 0.1) is 11.9 Å². The van der Waals surface area contributed by atoms with Gasteiger partial charge in [-0.1, -0.05) is 29.3 Å². The van der Waals surface area contributed by atoms with Gasteiger partial charge in [-0.2, -0.15) is 4.99 Å². The third kappa shape index (κ3) is 2.81. The van der Waals surface area contributed by atoms with Gasteiger partial charge in [0.1, 0.15) is 10.3 Å². The Morgan fingerprint density at radius 3 is 2.23 bits per heavy atom. The van der Waals surface area contributed by atoms with E-state index in [-0.39, 0.29) is 11.9 Å². The molecule has 1 unspecified atom stereocenters. The molecule has 112 valence electrons. The highest BCUT2D eigenvalue weighted by molar-refractivity contribution is 6.29. The van der Waals surface area contributed by atoms with Gasteiger partial charge in [0.15, 0.2) is 6.17 Å². The van der Waals surface area contributed by atoms with E-state index in [0.29, 0.717) is 16.0 Å². The average Bonchev–Trinajstić information content (AvgIpc) is 2.49. The van der Waals surface area contributed by atoms with Gasteiger partial charge in [-0.05, 0) is 18.2 Å². The van der Waals surface area contributed by atoms with Gasteiger partial charge in [0, 0.05) is 11.8 Å². The maximum atomic E-state index is 6.00. The van der Waals surface area contributed by atoms with Gasteiger partial charge in [-0.3, -0.25) is 4.90 Å². The van der Waals surface area contributed by atoms with Crippen LogP contribution in [0.4, 0.5) is 5.69 Å². The molecular weight excluding hydrogens is 325 g/mol. The first-order chi connectivity index (χ1) is 10.5. The lowest BCUT2D eigenvalue weighted by molar-refractivity contribution is 0.731. The molecule has 2 aromatic heterocycles. The molecule has 0 spiro atoms. The molecule has 0 fully saturated rings. The molecule has 3 heterocycles. The molecule has 3 rings (SSSR count). The second-order valence-corrected chi connectivity index (χ2v) is 5.23. The molecule has 0 radical (unpaired) electrons. The first kappa shape index (κ1) is 14.6. The van der Waals surface area contributed by atoms with Crippen molar-refractivity contribution in [1.82, 2.24) is 9.97 Å². The Morgan fingerprint density at radius 2 is 1.64 bits per heavy atom. The van der Waals surface area contributed by atoms with E-state index < -0.39 is 6.17 Å². The van der Waals surface area contributed by atoms with E-state index in [2.05, 4.69) is 20.0 Å². The molecule has 22 heavy (non-hydrogen) atoms. The van der Waals surface area contributed by atoms with Crippen molar-refractivity contribution in [2.45, 2.75) is 6.17 Å². The maximum absolute atomic E-state index is 6.00. The SMILES string of the molecule is NC1=NC(c2ccc(Cl)nc2)N(c2ccc(Cl)nc2)C(N)=N1. The van der Waals surface area contributed by atoms with Crippen LogP contribution in [0.25, 0.3) is 0 Å². The number of nitrogens with zero attached hydrogens (tertiary/aromatic N) is 5. The molecule has 0 aromatic carbocycles. The quantitative estimate of drug-likeness (QED) is 0.815. The summed E-state index contributed by atoms with van der Waals surface area (Å²) >= 11 is 11.6. The van der Waals surface area contributed by atoms with Crippen molar-refractivity contribution >= 4 is 40.8 Å². The van der Waals surface area contributed by atoms with Gasteiger partial charge >= 0.3 is 0 Å². The fourth-order valence-electron chi connectivity index (χ4n) is 2.06. The summed E-state index contributed by atoms with van der Waals surface area (Å²) in [7, 11) is 0. The minimum Gasteiger partial charge on any atom is -0.369 e. The van der Waals surface area contributed by atoms with Crippen LogP contribution in [0, 0.1) is 0 Å². The number of aromatic nitrogens is 2. The highest BCUT2D eigenvalue weighted by Crippen LogP contribution is 2.30. The largest absolute Gasteiger partial charge is 0.369 e. The monoisotopic (exact) mass is 335 g/mol. The fourth-order valence-corrected chi connectivity index (χ4v) is 2.28. The van der Waals surface area contributed by atoms with Gasteiger partial charge in [0.25, 0.3) is 0 Å². The third-order valence-electron chi connectivity index (χ3n) is 3.01. The smallest absolute Gasteiger partial charge is 0.221 e. The number of pyridine rings is 2. The van der Waals surface area contributed by atoms with Crippen LogP contribution in [-0.2, 0) is 0 Å². The molecule has 9 heteroatoms. The van der Waals surface area contributed by atoms with Gasteiger partial charge in [-0.25, -0.2) is 15.0 Å². The van der Waals surface area contributed by atoms with Gasteiger partial charge < -0.3 is 11.5 Å². The van der Waals surface area contributed by atoms with Crippen LogP contribution in [0.1, 0.15) is 11.7 Å². The zero-order valence-electron chi connectivity index (χ0n) is 11.2. The normalized spacial score (nSPS) is 17.9. The number of rotatable bonds is 2. The van der Waals surface area contributed by atoms with E-state index in [9.17, 15) is 0 Å². The molecule has 0 saturated carbocycles. The molecule has 7 nitrogen and oxygen atoms in total. The zero-order valence-corrected chi connectivity index (χ0v) is 12.7. The first-order valence-electron chi connectivity index (χ1n) is 6.24. The van der Waals surface area contributed by atoms with E-state index in [1.807, 2.05) is 0 Å². The second kappa shape index (κ2) is 5.78. The number of hydrogen-bond acceptors (Lipinski definition) is 7. The number of halogens is 2. The molecule has 2 aromatic rings. The van der Waals surface area contributed by atoms with Crippen molar-refractivity contribution in [3.8, 4) is 0 Å². The number of nitrogens with two attached hydrogens (primary N) is 2. The number of aliphatic imine (C=N–C) groups is 2. The molecule has 1 aliphatic heterocycles. The molecule has 0 bridgehead atoms. The van der Waals surface area contributed by atoms with E-state index >= 15 is 0 Å². The van der Waals surface area contributed by atoms with Crippen LogP contribution in [0.3, 0.4) is 0 Å². The van der Waals surface area contributed by atoms with Crippen molar-refractivity contribution in [2.75, 3.05) is 4.90 Å². The van der Waals surface area contributed by atoms with Crippen LogP contribution in [0.2, 0.25) is 10.3 Å². The summed E-state index contributed by atoms with van der Waals surface area (Å²) in [5.41, 5.74) is 13.2. The third-order valence-corrected chi connectivity index (χ3v) is 3.46. The van der Waals surface area contributed by atoms with Crippen LogP contribution < -0.4 is 16.4 Å². The van der Waals surface area contributed by atoms with Gasteiger partial charge in [0.2, 0.25) is 11.9 Å². The molecule has 0 amide bonds. The van der Waals surface area contributed by atoms with Gasteiger partial charge in [-0.15, -0.1) is 0 Å². The number of hydrogen-bond donors (Lipinski definition) is 2. The Bertz CT molecular complexity index is 740. The summed E-state index contributed by atoms with van der Waals surface area (Å²) in [6.07, 6.45) is 2.68. The summed E-state index contributed by atoms with van der Waals surface area (Å²) in [5.74, 6) is 0.298. The minimum absolute atomic E-state index is 0.0932. The molecular formula is C13H11Cl2N7. The fraction of sp³-hybridized carbons (Fsp3) is 0.0769. The van der Waals surface area contributed by atoms with Crippen LogP contribution >= 0.6 is 23.2 Å². The Kier molecular flexibility index (Phi) is 3.82. The van der Waals surface area contributed by atoms with Crippen molar-refractivity contribution in [3.05, 3.63) is 52.5 Å². The molecule has 4 N–H and O–H groups in total. The summed E-state index contributed by atoms with van der Waals surface area (Å²) in [5, 5.41) is 0.766. The molecule has 0 saturated heterocycles. The Labute approximate surface area is 136 Å². The van der Waals surface area contributed by atoms with Crippen LogP contribution in [-0.4, -0.2) is 21.9 Å². The van der Waals surface area contributed by atoms with Crippen molar-refractivity contribution in [1.29, 1.82) is 0 Å². The van der Waals surface area contributed by atoms with Crippen molar-refractivity contribution in [3.63, 3.8) is 0 Å². The number of guanidine groups is 2. The Morgan fingerprint density at radius 1 is 0.955 bits per heavy atom. The highest BCUT2D eigenvalue weighted by atomic mass is 35.5.